The first-order valence-corrected chi connectivity index (χ1v) is 6.80. The summed E-state index contributed by atoms with van der Waals surface area (Å²) in [4.78, 5) is 21.8. The molecule has 0 aliphatic rings. The van der Waals surface area contributed by atoms with Gasteiger partial charge in [-0.15, -0.1) is 0 Å². The Morgan fingerprint density at radius 2 is 2.00 bits per heavy atom. The highest BCUT2D eigenvalue weighted by Gasteiger charge is 2.17. The number of hydrogen-bond acceptors (Lipinski definition) is 3. The largest absolute Gasteiger partial charge is 0.481 e. The normalized spacial score (nSPS) is 12.9. The number of rotatable bonds is 7. The Morgan fingerprint density at radius 3 is 2.47 bits per heavy atom. The van der Waals surface area contributed by atoms with Gasteiger partial charge in [0.25, 0.3) is 0 Å². The highest BCUT2D eigenvalue weighted by molar-refractivity contribution is 7.99. The summed E-state index contributed by atoms with van der Waals surface area (Å²) in [5, 5.41) is 14.0. The molecule has 0 saturated heterocycles. The van der Waals surface area contributed by atoms with Crippen LogP contribution < -0.4 is 10.6 Å². The molecule has 0 saturated carbocycles. The zero-order valence-corrected chi connectivity index (χ0v) is 11.7. The van der Waals surface area contributed by atoms with Crippen molar-refractivity contribution < 1.29 is 14.7 Å². The number of carbonyl (C=O) groups is 2. The second-order valence-corrected chi connectivity index (χ2v) is 6.14. The SMILES string of the molecule is CSC(C)(C)CNC(=O)NC(C)CCC(=O)O. The fraction of sp³-hybridized carbons (Fsp3) is 0.818. The zero-order chi connectivity index (χ0) is 13.5. The highest BCUT2D eigenvalue weighted by Crippen LogP contribution is 2.19. The van der Waals surface area contributed by atoms with Crippen molar-refractivity contribution in [2.75, 3.05) is 12.8 Å². The van der Waals surface area contributed by atoms with Crippen molar-refractivity contribution in [3.63, 3.8) is 0 Å². The first-order chi connectivity index (χ1) is 7.76. The van der Waals surface area contributed by atoms with Gasteiger partial charge in [-0.25, -0.2) is 4.79 Å². The van der Waals surface area contributed by atoms with E-state index in [1.165, 1.54) is 0 Å². The van der Waals surface area contributed by atoms with Gasteiger partial charge in [0, 0.05) is 23.8 Å². The molecule has 0 aliphatic heterocycles. The van der Waals surface area contributed by atoms with Crippen LogP contribution in [0, 0.1) is 0 Å². The highest BCUT2D eigenvalue weighted by atomic mass is 32.2. The predicted octanol–water partition coefficient (Wildman–Crippen LogP) is 1.68. The maximum atomic E-state index is 11.5. The summed E-state index contributed by atoms with van der Waals surface area (Å²) in [5.74, 6) is -0.845. The Kier molecular flexibility index (Phi) is 7.03. The minimum atomic E-state index is -0.845. The van der Waals surface area contributed by atoms with E-state index in [9.17, 15) is 9.59 Å². The van der Waals surface area contributed by atoms with Crippen molar-refractivity contribution in [3.05, 3.63) is 0 Å². The number of thioether (sulfide) groups is 1. The lowest BCUT2D eigenvalue weighted by Crippen LogP contribution is -2.45. The first-order valence-electron chi connectivity index (χ1n) is 5.58. The van der Waals surface area contributed by atoms with E-state index in [0.717, 1.165) is 0 Å². The molecule has 0 bridgehead atoms. The molecule has 0 aromatic carbocycles. The van der Waals surface area contributed by atoms with Crippen molar-refractivity contribution in [2.45, 2.75) is 44.4 Å². The summed E-state index contributed by atoms with van der Waals surface area (Å²) >= 11 is 1.68. The third kappa shape index (κ3) is 8.85. The molecule has 6 heteroatoms. The lowest BCUT2D eigenvalue weighted by atomic mass is 10.2. The van der Waals surface area contributed by atoms with Crippen LogP contribution in [0.5, 0.6) is 0 Å². The van der Waals surface area contributed by atoms with E-state index in [-0.39, 0.29) is 23.2 Å². The minimum Gasteiger partial charge on any atom is -0.481 e. The van der Waals surface area contributed by atoms with Crippen LogP contribution in [-0.4, -0.2) is 40.7 Å². The smallest absolute Gasteiger partial charge is 0.315 e. The van der Waals surface area contributed by atoms with Crippen molar-refractivity contribution in [1.82, 2.24) is 10.6 Å². The average molecular weight is 262 g/mol. The molecule has 0 fully saturated rings. The van der Waals surface area contributed by atoms with Gasteiger partial charge in [0.05, 0.1) is 0 Å². The van der Waals surface area contributed by atoms with Crippen LogP contribution in [-0.2, 0) is 4.79 Å². The van der Waals surface area contributed by atoms with E-state index >= 15 is 0 Å². The van der Waals surface area contributed by atoms with Crippen LogP contribution in [0.4, 0.5) is 4.79 Å². The molecule has 5 nitrogen and oxygen atoms in total. The van der Waals surface area contributed by atoms with Crippen LogP contribution in [0.2, 0.25) is 0 Å². The Labute approximate surface area is 107 Å². The van der Waals surface area contributed by atoms with Gasteiger partial charge in [-0.05, 0) is 33.4 Å². The second kappa shape index (κ2) is 7.42. The quantitative estimate of drug-likeness (QED) is 0.652. The van der Waals surface area contributed by atoms with Crippen LogP contribution in [0.15, 0.2) is 0 Å². The Hall–Kier alpha value is -0.910. The van der Waals surface area contributed by atoms with E-state index in [0.29, 0.717) is 13.0 Å². The minimum absolute atomic E-state index is 0.00163. The summed E-state index contributed by atoms with van der Waals surface area (Å²) in [6.07, 6.45) is 2.50. The molecule has 3 N–H and O–H groups in total. The maximum absolute atomic E-state index is 11.5. The van der Waals surface area contributed by atoms with Crippen LogP contribution in [0.25, 0.3) is 0 Å². The summed E-state index contributed by atoms with van der Waals surface area (Å²) < 4.78 is 0.00163. The van der Waals surface area contributed by atoms with Gasteiger partial charge in [-0.1, -0.05) is 0 Å². The van der Waals surface area contributed by atoms with Crippen molar-refractivity contribution in [3.8, 4) is 0 Å². The summed E-state index contributed by atoms with van der Waals surface area (Å²) in [6, 6.07) is -0.381. The van der Waals surface area contributed by atoms with Crippen LogP contribution >= 0.6 is 11.8 Å². The molecule has 1 unspecified atom stereocenters. The zero-order valence-electron chi connectivity index (χ0n) is 10.9. The lowest BCUT2D eigenvalue weighted by molar-refractivity contribution is -0.137. The average Bonchev–Trinajstić information content (AvgIpc) is 2.24. The topological polar surface area (TPSA) is 78.4 Å². The van der Waals surface area contributed by atoms with E-state index in [2.05, 4.69) is 10.6 Å². The van der Waals surface area contributed by atoms with Crippen LogP contribution in [0.1, 0.15) is 33.6 Å². The third-order valence-corrected chi connectivity index (χ3v) is 3.65. The molecule has 1 atom stereocenters. The van der Waals surface area contributed by atoms with Gasteiger partial charge in [-0.2, -0.15) is 11.8 Å². The number of carboxylic acids is 1. The standard InChI is InChI=1S/C11H22N2O3S/c1-8(5-6-9(14)15)13-10(16)12-7-11(2,3)17-4/h8H,5-7H2,1-4H3,(H,14,15)(H2,12,13,16). The Balaban J connectivity index is 3.82. The monoisotopic (exact) mass is 262 g/mol. The van der Waals surface area contributed by atoms with Gasteiger partial charge in [0.2, 0.25) is 0 Å². The summed E-state index contributed by atoms with van der Waals surface area (Å²) in [7, 11) is 0. The van der Waals surface area contributed by atoms with Crippen LogP contribution in [0.3, 0.4) is 0 Å². The molecule has 0 heterocycles. The molecule has 100 valence electrons. The van der Waals surface area contributed by atoms with Gasteiger partial charge in [0.15, 0.2) is 0 Å². The van der Waals surface area contributed by atoms with Gasteiger partial charge in [0.1, 0.15) is 0 Å². The number of aliphatic carboxylic acids is 1. The third-order valence-electron chi connectivity index (χ3n) is 2.40. The van der Waals surface area contributed by atoms with Gasteiger partial charge >= 0.3 is 12.0 Å². The number of hydrogen-bond donors (Lipinski definition) is 3. The number of carbonyl (C=O) groups excluding carboxylic acids is 1. The maximum Gasteiger partial charge on any atom is 0.315 e. The lowest BCUT2D eigenvalue weighted by Gasteiger charge is -2.23. The van der Waals surface area contributed by atoms with E-state index < -0.39 is 5.97 Å². The second-order valence-electron chi connectivity index (χ2n) is 4.62. The molecule has 0 spiro atoms. The van der Waals surface area contributed by atoms with Crippen molar-refractivity contribution in [2.24, 2.45) is 0 Å². The summed E-state index contributed by atoms with van der Waals surface area (Å²) in [6.45, 7) is 6.46. The van der Waals surface area contributed by atoms with Gasteiger partial charge in [-0.3, -0.25) is 4.79 Å². The van der Waals surface area contributed by atoms with Crippen molar-refractivity contribution in [1.29, 1.82) is 0 Å². The Morgan fingerprint density at radius 1 is 1.41 bits per heavy atom. The Bertz CT molecular complexity index is 269. The number of amides is 2. The molecular formula is C11H22N2O3S. The molecule has 2 amide bonds. The van der Waals surface area contributed by atoms with E-state index in [4.69, 9.17) is 5.11 Å². The fourth-order valence-electron chi connectivity index (χ4n) is 1.05. The molecule has 0 radical (unpaired) electrons. The molecular weight excluding hydrogens is 240 g/mol. The van der Waals surface area contributed by atoms with Gasteiger partial charge < -0.3 is 15.7 Å². The molecule has 0 aliphatic carbocycles. The van der Waals surface area contributed by atoms with E-state index in [1.807, 2.05) is 20.1 Å². The molecule has 0 aromatic rings. The molecule has 17 heavy (non-hydrogen) atoms. The fourth-order valence-corrected chi connectivity index (χ4v) is 1.27. The predicted molar refractivity (Wildman–Crippen MR) is 70.5 cm³/mol. The molecule has 0 rings (SSSR count). The molecule has 0 aromatic heterocycles. The number of urea groups is 1. The van der Waals surface area contributed by atoms with E-state index in [1.54, 1.807) is 18.7 Å². The number of carboxylic acid groups (broad SMARTS) is 1. The van der Waals surface area contributed by atoms with Crippen molar-refractivity contribution >= 4 is 23.8 Å². The number of nitrogens with one attached hydrogen (secondary N) is 2. The first kappa shape index (κ1) is 16.1. The summed E-state index contributed by atoms with van der Waals surface area (Å²) in [5.41, 5.74) is 0.